The molecule has 5 heteroatoms. The lowest BCUT2D eigenvalue weighted by Crippen LogP contribution is -2.30. The first-order valence-electron chi connectivity index (χ1n) is 12.3. The highest BCUT2D eigenvalue weighted by molar-refractivity contribution is 5.85. The molecule has 4 rings (SSSR count). The summed E-state index contributed by atoms with van der Waals surface area (Å²) in [6.07, 6.45) is 8.67. The summed E-state index contributed by atoms with van der Waals surface area (Å²) in [7, 11) is 0. The fraction of sp³-hybridized carbons (Fsp3) is 0.630. The van der Waals surface area contributed by atoms with Crippen molar-refractivity contribution in [3.8, 4) is 0 Å². The summed E-state index contributed by atoms with van der Waals surface area (Å²) in [6.45, 7) is 2.24. The Morgan fingerprint density at radius 1 is 0.812 bits per heavy atom. The standard InChI is InChI=1S/C27H33F5/c1-2-3-4-5-6-17-7-8-19-12-20(10-9-18(19)11-17)21-13-22-15-26(29)24(27(30,31)32)16-23(22)25(28)14-21/h13-20H,2-12H2,1H3. The largest absolute Gasteiger partial charge is 0.419 e. The molecular weight excluding hydrogens is 419 g/mol. The van der Waals surface area contributed by atoms with Crippen molar-refractivity contribution in [3.05, 3.63) is 47.0 Å². The van der Waals surface area contributed by atoms with E-state index in [9.17, 15) is 22.0 Å². The Balaban J connectivity index is 1.45. The van der Waals surface area contributed by atoms with Crippen LogP contribution in [0, 0.1) is 29.4 Å². The molecule has 2 saturated carbocycles. The Morgan fingerprint density at radius 2 is 1.56 bits per heavy atom. The quantitative estimate of drug-likeness (QED) is 0.302. The van der Waals surface area contributed by atoms with Gasteiger partial charge in [-0.15, -0.1) is 0 Å². The van der Waals surface area contributed by atoms with Gasteiger partial charge >= 0.3 is 6.18 Å². The van der Waals surface area contributed by atoms with Gasteiger partial charge in [-0.1, -0.05) is 51.5 Å². The number of benzene rings is 2. The first kappa shape index (κ1) is 23.5. The topological polar surface area (TPSA) is 0 Å². The van der Waals surface area contributed by atoms with E-state index in [2.05, 4.69) is 6.92 Å². The van der Waals surface area contributed by atoms with Crippen LogP contribution in [0.1, 0.15) is 94.6 Å². The van der Waals surface area contributed by atoms with Crippen molar-refractivity contribution in [2.45, 2.75) is 89.6 Å². The van der Waals surface area contributed by atoms with Crippen LogP contribution in [0.15, 0.2) is 24.3 Å². The zero-order valence-corrected chi connectivity index (χ0v) is 18.8. The van der Waals surface area contributed by atoms with Gasteiger partial charge in [-0.3, -0.25) is 0 Å². The summed E-state index contributed by atoms with van der Waals surface area (Å²) >= 11 is 0. The number of alkyl halides is 3. The molecule has 2 aliphatic carbocycles. The lowest BCUT2D eigenvalue weighted by Gasteiger charge is -2.42. The molecule has 0 nitrogen and oxygen atoms in total. The Bertz CT molecular complexity index is 932. The Morgan fingerprint density at radius 3 is 2.31 bits per heavy atom. The molecule has 176 valence electrons. The van der Waals surface area contributed by atoms with E-state index in [1.54, 1.807) is 6.07 Å². The minimum absolute atomic E-state index is 0.167. The third-order valence-electron chi connectivity index (χ3n) is 7.98. The molecule has 0 aromatic heterocycles. The highest BCUT2D eigenvalue weighted by Gasteiger charge is 2.37. The van der Waals surface area contributed by atoms with Crippen LogP contribution in [-0.2, 0) is 6.18 Å². The molecular formula is C27H33F5. The van der Waals surface area contributed by atoms with Gasteiger partial charge in [0.1, 0.15) is 11.6 Å². The van der Waals surface area contributed by atoms with E-state index >= 15 is 0 Å². The van der Waals surface area contributed by atoms with Crippen molar-refractivity contribution in [2.24, 2.45) is 17.8 Å². The van der Waals surface area contributed by atoms with E-state index in [-0.39, 0.29) is 16.7 Å². The second kappa shape index (κ2) is 9.69. The first-order chi connectivity index (χ1) is 15.3. The van der Waals surface area contributed by atoms with Gasteiger partial charge in [0, 0.05) is 5.39 Å². The SMILES string of the molecule is CCCCCCC1CCC2CC(c3cc(F)c4cc(C(F)(F)F)c(F)cc4c3)CCC2C1. The zero-order chi connectivity index (χ0) is 22.9. The number of halogens is 5. The molecule has 0 radical (unpaired) electrons. The molecule has 0 aliphatic heterocycles. The highest BCUT2D eigenvalue weighted by atomic mass is 19.4. The van der Waals surface area contributed by atoms with Crippen molar-refractivity contribution in [2.75, 3.05) is 0 Å². The molecule has 0 N–H and O–H groups in total. The van der Waals surface area contributed by atoms with Gasteiger partial charge < -0.3 is 0 Å². The summed E-state index contributed by atoms with van der Waals surface area (Å²) in [6, 6.07) is 4.51. The van der Waals surface area contributed by atoms with Crippen molar-refractivity contribution >= 4 is 10.8 Å². The fourth-order valence-electron chi connectivity index (χ4n) is 6.22. The van der Waals surface area contributed by atoms with Crippen LogP contribution in [0.25, 0.3) is 10.8 Å². The summed E-state index contributed by atoms with van der Waals surface area (Å²) in [5, 5.41) is 0.0446. The summed E-state index contributed by atoms with van der Waals surface area (Å²) < 4.78 is 67.9. The van der Waals surface area contributed by atoms with E-state index < -0.39 is 23.4 Å². The number of hydrogen-bond donors (Lipinski definition) is 0. The molecule has 0 saturated heterocycles. The van der Waals surface area contributed by atoms with Gasteiger partial charge in [-0.2, -0.15) is 13.2 Å². The summed E-state index contributed by atoms with van der Waals surface area (Å²) in [4.78, 5) is 0. The maximum absolute atomic E-state index is 14.8. The minimum Gasteiger partial charge on any atom is -0.206 e. The van der Waals surface area contributed by atoms with Crippen molar-refractivity contribution in [3.63, 3.8) is 0 Å². The van der Waals surface area contributed by atoms with E-state index in [1.165, 1.54) is 57.4 Å². The predicted octanol–water partition coefficient (Wildman–Crippen LogP) is 9.41. The number of unbranched alkanes of at least 4 members (excludes halogenated alkanes) is 3. The van der Waals surface area contributed by atoms with E-state index in [4.69, 9.17) is 0 Å². The molecule has 4 atom stereocenters. The average Bonchev–Trinajstić information content (AvgIpc) is 2.75. The lowest BCUT2D eigenvalue weighted by molar-refractivity contribution is -0.139. The van der Waals surface area contributed by atoms with Crippen LogP contribution >= 0.6 is 0 Å². The van der Waals surface area contributed by atoms with Crippen LogP contribution in [0.3, 0.4) is 0 Å². The Labute approximate surface area is 187 Å². The molecule has 4 unspecified atom stereocenters. The minimum atomic E-state index is -4.84. The van der Waals surface area contributed by atoms with Gasteiger partial charge in [-0.05, 0) is 84.9 Å². The van der Waals surface area contributed by atoms with Crippen LogP contribution < -0.4 is 0 Å². The van der Waals surface area contributed by atoms with Crippen LogP contribution in [0.4, 0.5) is 22.0 Å². The van der Waals surface area contributed by atoms with Crippen LogP contribution in [0.2, 0.25) is 0 Å². The van der Waals surface area contributed by atoms with E-state index in [0.717, 1.165) is 42.7 Å². The van der Waals surface area contributed by atoms with Gasteiger partial charge in [-0.25, -0.2) is 8.78 Å². The molecule has 2 aromatic carbocycles. The Kier molecular flexibility index (Phi) is 7.11. The second-order valence-electron chi connectivity index (χ2n) is 10.1. The second-order valence-corrected chi connectivity index (χ2v) is 10.1. The maximum Gasteiger partial charge on any atom is 0.419 e. The molecule has 2 aromatic rings. The molecule has 0 spiro atoms. The molecule has 32 heavy (non-hydrogen) atoms. The number of fused-ring (bicyclic) bond motifs is 2. The van der Waals surface area contributed by atoms with Gasteiger partial charge in [0.15, 0.2) is 0 Å². The maximum atomic E-state index is 14.8. The van der Waals surface area contributed by atoms with Crippen molar-refractivity contribution < 1.29 is 22.0 Å². The molecule has 0 amide bonds. The van der Waals surface area contributed by atoms with Gasteiger partial charge in [0.25, 0.3) is 0 Å². The van der Waals surface area contributed by atoms with Gasteiger partial charge in [0.05, 0.1) is 5.56 Å². The lowest BCUT2D eigenvalue weighted by atomic mass is 9.63. The third kappa shape index (κ3) is 5.12. The number of hydrogen-bond acceptors (Lipinski definition) is 0. The molecule has 2 fully saturated rings. The van der Waals surface area contributed by atoms with Gasteiger partial charge in [0.2, 0.25) is 0 Å². The predicted molar refractivity (Wildman–Crippen MR) is 119 cm³/mol. The zero-order valence-electron chi connectivity index (χ0n) is 18.8. The highest BCUT2D eigenvalue weighted by Crippen LogP contribution is 2.49. The third-order valence-corrected chi connectivity index (χ3v) is 7.98. The molecule has 0 bridgehead atoms. The fourth-order valence-corrected chi connectivity index (χ4v) is 6.22. The summed E-state index contributed by atoms with van der Waals surface area (Å²) in [5.74, 6) is 0.385. The van der Waals surface area contributed by atoms with Crippen LogP contribution in [0.5, 0.6) is 0 Å². The monoisotopic (exact) mass is 452 g/mol. The van der Waals surface area contributed by atoms with Crippen molar-refractivity contribution in [1.29, 1.82) is 0 Å². The van der Waals surface area contributed by atoms with Crippen molar-refractivity contribution in [1.82, 2.24) is 0 Å². The first-order valence-corrected chi connectivity index (χ1v) is 12.3. The van der Waals surface area contributed by atoms with Crippen LogP contribution in [-0.4, -0.2) is 0 Å². The average molecular weight is 453 g/mol. The molecule has 2 aliphatic rings. The van der Waals surface area contributed by atoms with E-state index in [1.807, 2.05) is 0 Å². The molecule has 0 heterocycles. The number of rotatable bonds is 6. The van der Waals surface area contributed by atoms with E-state index in [0.29, 0.717) is 12.0 Å². The smallest absolute Gasteiger partial charge is 0.206 e. The normalized spacial score (nSPS) is 26.3. The Hall–Kier alpha value is -1.65. The summed E-state index contributed by atoms with van der Waals surface area (Å²) in [5.41, 5.74) is -0.613.